The van der Waals surface area contributed by atoms with Gasteiger partial charge >= 0.3 is 0 Å². The summed E-state index contributed by atoms with van der Waals surface area (Å²) in [4.78, 5) is 33.3. The van der Waals surface area contributed by atoms with E-state index in [0.29, 0.717) is 13.1 Å². The molecule has 3 rings (SSSR count). The maximum absolute atomic E-state index is 12.9. The van der Waals surface area contributed by atoms with Gasteiger partial charge in [-0.25, -0.2) is 0 Å². The molecule has 0 fully saturated rings. The van der Waals surface area contributed by atoms with E-state index in [0.717, 1.165) is 29.0 Å². The molecule has 6 heteroatoms. The molecule has 1 aliphatic rings. The van der Waals surface area contributed by atoms with E-state index >= 15 is 0 Å². The van der Waals surface area contributed by atoms with Crippen molar-refractivity contribution in [2.45, 2.75) is 40.8 Å². The molecule has 2 heterocycles. The Labute approximate surface area is 166 Å². The number of aromatic nitrogens is 1. The number of nitrogens with zero attached hydrogens (tertiary/aromatic N) is 3. The molecule has 2 amide bonds. The zero-order valence-corrected chi connectivity index (χ0v) is 17.2. The fraction of sp³-hybridized carbons (Fsp3) is 0.409. The first kappa shape index (κ1) is 20.0. The third kappa shape index (κ3) is 3.52. The topological polar surface area (TPSA) is 65.5 Å². The molecular weight excluding hydrogens is 352 g/mol. The Kier molecular flexibility index (Phi) is 5.52. The maximum atomic E-state index is 12.9. The lowest BCUT2D eigenvalue weighted by molar-refractivity contribution is -0.137. The normalized spacial score (nSPS) is 16.2. The van der Waals surface area contributed by atoms with E-state index < -0.39 is 5.41 Å². The number of fused-ring (bicyclic) bond motifs is 1. The van der Waals surface area contributed by atoms with Gasteiger partial charge in [-0.05, 0) is 62.6 Å². The zero-order chi connectivity index (χ0) is 20.5. The first-order valence-corrected chi connectivity index (χ1v) is 9.60. The van der Waals surface area contributed by atoms with Crippen molar-refractivity contribution in [1.82, 2.24) is 10.3 Å². The highest BCUT2D eigenvalue weighted by atomic mass is 16.2. The average Bonchev–Trinajstić information content (AvgIpc) is 2.73. The molecule has 0 unspecified atom stereocenters. The Balaban J connectivity index is 1.85. The monoisotopic (exact) mass is 380 g/mol. The molecule has 0 saturated carbocycles. The predicted octanol–water partition coefficient (Wildman–Crippen LogP) is 3.04. The molecule has 1 N–H and O–H groups in total. The van der Waals surface area contributed by atoms with Crippen molar-refractivity contribution >= 4 is 23.2 Å². The van der Waals surface area contributed by atoms with E-state index in [9.17, 15) is 9.59 Å². The second kappa shape index (κ2) is 7.72. The number of hydrogen-bond acceptors (Lipinski definition) is 4. The van der Waals surface area contributed by atoms with Crippen LogP contribution in [0.2, 0.25) is 0 Å². The second-order valence-electron chi connectivity index (χ2n) is 7.77. The number of pyridine rings is 1. The van der Waals surface area contributed by atoms with Gasteiger partial charge in [-0.3, -0.25) is 14.6 Å². The summed E-state index contributed by atoms with van der Waals surface area (Å²) in [6.07, 6.45) is 3.67. The van der Waals surface area contributed by atoms with Gasteiger partial charge in [0.1, 0.15) is 5.41 Å². The number of nitrogens with one attached hydrogen (secondary N) is 1. The molecule has 28 heavy (non-hydrogen) atoms. The molecule has 0 atom stereocenters. The molecule has 0 spiro atoms. The van der Waals surface area contributed by atoms with Gasteiger partial charge < -0.3 is 15.1 Å². The van der Waals surface area contributed by atoms with Crippen LogP contribution in [0.3, 0.4) is 0 Å². The lowest BCUT2D eigenvalue weighted by atomic mass is 9.90. The summed E-state index contributed by atoms with van der Waals surface area (Å²) in [5.74, 6) is -0.352. The van der Waals surface area contributed by atoms with E-state index in [1.807, 2.05) is 37.4 Å². The molecule has 0 radical (unpaired) electrons. The molecule has 1 aliphatic heterocycles. The minimum absolute atomic E-state index is 0.163. The molecular formula is C22H28N4O2. The smallest absolute Gasteiger partial charge is 0.242 e. The quantitative estimate of drug-likeness (QED) is 0.810. The van der Waals surface area contributed by atoms with Crippen molar-refractivity contribution in [2.75, 3.05) is 23.4 Å². The van der Waals surface area contributed by atoms with Gasteiger partial charge in [-0.1, -0.05) is 6.07 Å². The Morgan fingerprint density at radius 3 is 2.50 bits per heavy atom. The molecule has 2 aromatic rings. The number of hydrogen-bond donors (Lipinski definition) is 1. The summed E-state index contributed by atoms with van der Waals surface area (Å²) in [6, 6.07) is 7.94. The van der Waals surface area contributed by atoms with E-state index in [2.05, 4.69) is 17.2 Å². The molecule has 1 aromatic heterocycles. The molecule has 0 saturated heterocycles. The number of rotatable bonds is 5. The lowest BCUT2D eigenvalue weighted by Crippen LogP contribution is -2.47. The Morgan fingerprint density at radius 1 is 1.07 bits per heavy atom. The third-order valence-corrected chi connectivity index (χ3v) is 5.42. The summed E-state index contributed by atoms with van der Waals surface area (Å²) in [5.41, 5.74) is 3.88. The van der Waals surface area contributed by atoms with Crippen molar-refractivity contribution in [3.05, 3.63) is 53.3 Å². The van der Waals surface area contributed by atoms with Gasteiger partial charge in [-0.2, -0.15) is 0 Å². The van der Waals surface area contributed by atoms with Crippen molar-refractivity contribution in [2.24, 2.45) is 5.41 Å². The first-order chi connectivity index (χ1) is 13.3. The van der Waals surface area contributed by atoms with Crippen LogP contribution in [0, 0.1) is 12.3 Å². The fourth-order valence-electron chi connectivity index (χ4n) is 3.58. The number of benzene rings is 1. The Hall–Kier alpha value is -2.73. The summed E-state index contributed by atoms with van der Waals surface area (Å²) in [7, 11) is 1.74. The summed E-state index contributed by atoms with van der Waals surface area (Å²) in [6.45, 7) is 9.29. The van der Waals surface area contributed by atoms with Gasteiger partial charge in [0, 0.05) is 39.1 Å². The SMILES string of the molecule is CCN1C(=O)C(C)(C)C(=O)N(C)c2cc(CNCc3cnccc3C)ccc21. The number of carbonyl (C=O) groups is 2. The predicted molar refractivity (Wildman–Crippen MR) is 111 cm³/mol. The van der Waals surface area contributed by atoms with Crippen LogP contribution in [0.15, 0.2) is 36.7 Å². The van der Waals surface area contributed by atoms with Gasteiger partial charge in [-0.15, -0.1) is 0 Å². The number of carbonyl (C=O) groups excluding carboxylic acids is 2. The molecule has 148 valence electrons. The Morgan fingerprint density at radius 2 is 1.82 bits per heavy atom. The highest BCUT2D eigenvalue weighted by Gasteiger charge is 2.45. The van der Waals surface area contributed by atoms with Crippen molar-refractivity contribution in [3.8, 4) is 0 Å². The van der Waals surface area contributed by atoms with Crippen LogP contribution in [-0.4, -0.2) is 30.4 Å². The summed E-state index contributed by atoms with van der Waals surface area (Å²) >= 11 is 0. The number of amides is 2. The maximum Gasteiger partial charge on any atom is 0.242 e. The molecule has 0 aliphatic carbocycles. The van der Waals surface area contributed by atoms with Gasteiger partial charge in [0.25, 0.3) is 0 Å². The largest absolute Gasteiger partial charge is 0.313 e. The van der Waals surface area contributed by atoms with Gasteiger partial charge in [0.05, 0.1) is 11.4 Å². The molecule has 1 aromatic carbocycles. The van der Waals surface area contributed by atoms with E-state index in [1.165, 1.54) is 5.56 Å². The van der Waals surface area contributed by atoms with Crippen molar-refractivity contribution in [1.29, 1.82) is 0 Å². The van der Waals surface area contributed by atoms with Gasteiger partial charge in [0.2, 0.25) is 11.8 Å². The van der Waals surface area contributed by atoms with Crippen LogP contribution in [0.25, 0.3) is 0 Å². The van der Waals surface area contributed by atoms with Crippen LogP contribution in [0.4, 0.5) is 11.4 Å². The minimum atomic E-state index is -1.08. The van der Waals surface area contributed by atoms with Crippen LogP contribution in [-0.2, 0) is 22.7 Å². The summed E-state index contributed by atoms with van der Waals surface area (Å²) < 4.78 is 0. The molecule has 0 bridgehead atoms. The highest BCUT2D eigenvalue weighted by molar-refractivity contribution is 6.19. The highest BCUT2D eigenvalue weighted by Crippen LogP contribution is 2.38. The van der Waals surface area contributed by atoms with Gasteiger partial charge in [0.15, 0.2) is 0 Å². The van der Waals surface area contributed by atoms with Crippen LogP contribution >= 0.6 is 0 Å². The fourth-order valence-corrected chi connectivity index (χ4v) is 3.58. The van der Waals surface area contributed by atoms with E-state index in [1.54, 1.807) is 36.9 Å². The number of aryl methyl sites for hydroxylation is 1. The Bertz CT molecular complexity index is 907. The second-order valence-corrected chi connectivity index (χ2v) is 7.77. The van der Waals surface area contributed by atoms with Crippen molar-refractivity contribution < 1.29 is 9.59 Å². The lowest BCUT2D eigenvalue weighted by Gasteiger charge is -2.27. The first-order valence-electron chi connectivity index (χ1n) is 9.60. The summed E-state index contributed by atoms with van der Waals surface area (Å²) in [5, 5.41) is 3.43. The average molecular weight is 380 g/mol. The van der Waals surface area contributed by atoms with Crippen LogP contribution in [0.5, 0.6) is 0 Å². The van der Waals surface area contributed by atoms with Crippen molar-refractivity contribution in [3.63, 3.8) is 0 Å². The van der Waals surface area contributed by atoms with Crippen LogP contribution < -0.4 is 15.1 Å². The van der Waals surface area contributed by atoms with E-state index in [4.69, 9.17) is 0 Å². The number of anilines is 2. The minimum Gasteiger partial charge on any atom is -0.313 e. The van der Waals surface area contributed by atoms with Crippen LogP contribution in [0.1, 0.15) is 37.5 Å². The standard InChI is InChI=1S/C22H28N4O2/c1-6-26-18-8-7-16(12-24-14-17-13-23-10-9-15(17)2)11-19(18)25(5)20(27)22(3,4)21(26)28/h7-11,13,24H,6,12,14H2,1-5H3. The molecule has 6 nitrogen and oxygen atoms in total. The zero-order valence-electron chi connectivity index (χ0n) is 17.2. The van der Waals surface area contributed by atoms with E-state index in [-0.39, 0.29) is 11.8 Å². The third-order valence-electron chi connectivity index (χ3n) is 5.42.